The van der Waals surface area contributed by atoms with Crippen molar-refractivity contribution in [2.45, 2.75) is 18.6 Å². The number of hydrogen-bond acceptors (Lipinski definition) is 5. The molecule has 2 rings (SSSR count). The Hall–Kier alpha value is -1.24. The fourth-order valence-corrected chi connectivity index (χ4v) is 2.85. The predicted molar refractivity (Wildman–Crippen MR) is 80.5 cm³/mol. The van der Waals surface area contributed by atoms with Gasteiger partial charge in [0.25, 0.3) is 0 Å². The van der Waals surface area contributed by atoms with Gasteiger partial charge in [-0.05, 0) is 26.6 Å². The van der Waals surface area contributed by atoms with Crippen molar-refractivity contribution in [1.82, 2.24) is 4.90 Å². The molecule has 1 aliphatic heterocycles. The fourth-order valence-electron chi connectivity index (χ4n) is 2.71. The molecular weight excluding hydrogens is 283 g/mol. The molecule has 0 saturated carbocycles. The van der Waals surface area contributed by atoms with Gasteiger partial charge in [0.05, 0.1) is 23.2 Å². The Morgan fingerprint density at radius 3 is 2.70 bits per heavy atom. The Balaban J connectivity index is 2.41. The zero-order valence-corrected chi connectivity index (χ0v) is 12.4. The van der Waals surface area contributed by atoms with E-state index < -0.39 is 11.9 Å². The molecule has 1 fully saturated rings. The number of hydrogen-bond donors (Lipinski definition) is 3. The largest absolute Gasteiger partial charge is 0.397 e. The lowest BCUT2D eigenvalue weighted by Crippen LogP contribution is -2.38. The first-order valence-electron chi connectivity index (χ1n) is 6.43. The van der Waals surface area contributed by atoms with Crippen LogP contribution in [0.5, 0.6) is 0 Å². The molecule has 0 radical (unpaired) electrons. The normalized spacial score (nSPS) is 22.8. The van der Waals surface area contributed by atoms with Gasteiger partial charge in [0.2, 0.25) is 0 Å². The number of β-amino-alcohol motifs (C(OH)–C–C–N with tert-alkyl or cyclic N) is 1. The summed E-state index contributed by atoms with van der Waals surface area (Å²) in [6.07, 6.45) is 0.0640. The summed E-state index contributed by atoms with van der Waals surface area (Å²) in [5.41, 5.74) is 12.1. The van der Waals surface area contributed by atoms with Gasteiger partial charge >= 0.3 is 0 Å². The van der Waals surface area contributed by atoms with Gasteiger partial charge in [-0.3, -0.25) is 0 Å². The lowest BCUT2D eigenvalue weighted by molar-refractivity contribution is 0.191. The fraction of sp³-hybridized carbons (Fsp3) is 0.538. The molecule has 1 aromatic rings. The van der Waals surface area contributed by atoms with Crippen LogP contribution in [0.25, 0.3) is 0 Å². The summed E-state index contributed by atoms with van der Waals surface area (Å²) in [6.45, 7) is 1.03. The first-order valence-corrected chi connectivity index (χ1v) is 6.81. The maximum absolute atomic E-state index is 14.4. The molecule has 0 spiro atoms. The van der Waals surface area contributed by atoms with Crippen molar-refractivity contribution in [3.05, 3.63) is 16.9 Å². The number of nitrogen functional groups attached to an aromatic ring is 2. The van der Waals surface area contributed by atoms with Crippen LogP contribution in [-0.4, -0.2) is 49.3 Å². The van der Waals surface area contributed by atoms with E-state index in [9.17, 15) is 9.50 Å². The zero-order valence-electron chi connectivity index (χ0n) is 11.6. The van der Waals surface area contributed by atoms with E-state index in [1.807, 2.05) is 19.0 Å². The van der Waals surface area contributed by atoms with Crippen molar-refractivity contribution in [2.24, 2.45) is 0 Å². The summed E-state index contributed by atoms with van der Waals surface area (Å²) in [4.78, 5) is 3.77. The third kappa shape index (κ3) is 2.77. The van der Waals surface area contributed by atoms with Crippen molar-refractivity contribution in [3.8, 4) is 0 Å². The number of aliphatic hydroxyl groups is 1. The third-order valence-corrected chi connectivity index (χ3v) is 3.88. The lowest BCUT2D eigenvalue weighted by atomic mass is 10.1. The molecule has 0 amide bonds. The van der Waals surface area contributed by atoms with Gasteiger partial charge < -0.3 is 26.4 Å². The van der Waals surface area contributed by atoms with E-state index in [0.717, 1.165) is 0 Å². The predicted octanol–water partition coefficient (Wildman–Crippen LogP) is 1.14. The molecule has 0 bridgehead atoms. The van der Waals surface area contributed by atoms with Crippen LogP contribution in [0.4, 0.5) is 21.5 Å². The standard InChI is InChI=1S/C13H20ClFN4O/c1-18(2)5-7-3-8(20)6-19(7)13-10(17)4-9(16)11(14)12(13)15/h4,7-8,20H,3,5-6,16-17H2,1-2H3. The van der Waals surface area contributed by atoms with Gasteiger partial charge in [0.15, 0.2) is 5.82 Å². The van der Waals surface area contributed by atoms with Crippen LogP contribution in [0.15, 0.2) is 6.07 Å². The number of halogens is 2. The number of likely N-dealkylation sites (N-methyl/N-ethyl adjacent to an activating group) is 1. The summed E-state index contributed by atoms with van der Waals surface area (Å²) >= 11 is 5.87. The minimum atomic E-state index is -0.623. The van der Waals surface area contributed by atoms with Gasteiger partial charge in [-0.15, -0.1) is 0 Å². The molecule has 1 aliphatic rings. The van der Waals surface area contributed by atoms with E-state index in [0.29, 0.717) is 19.5 Å². The van der Waals surface area contributed by atoms with Crippen molar-refractivity contribution < 1.29 is 9.50 Å². The highest BCUT2D eigenvalue weighted by Gasteiger charge is 2.34. The Bertz CT molecular complexity index is 512. The number of aliphatic hydroxyl groups excluding tert-OH is 1. The highest BCUT2D eigenvalue weighted by atomic mass is 35.5. The van der Waals surface area contributed by atoms with E-state index in [4.69, 9.17) is 23.1 Å². The van der Waals surface area contributed by atoms with Crippen molar-refractivity contribution in [2.75, 3.05) is 43.6 Å². The Morgan fingerprint density at radius 2 is 2.10 bits per heavy atom. The summed E-state index contributed by atoms with van der Waals surface area (Å²) < 4.78 is 14.4. The first kappa shape index (κ1) is 15.2. The summed E-state index contributed by atoms with van der Waals surface area (Å²) in [6, 6.07) is 1.44. The molecule has 1 heterocycles. The van der Waals surface area contributed by atoms with Crippen molar-refractivity contribution in [1.29, 1.82) is 0 Å². The maximum Gasteiger partial charge on any atom is 0.169 e. The van der Waals surface area contributed by atoms with Crippen LogP contribution in [0.1, 0.15) is 6.42 Å². The van der Waals surface area contributed by atoms with Crippen molar-refractivity contribution in [3.63, 3.8) is 0 Å². The summed E-state index contributed by atoms with van der Waals surface area (Å²) in [5, 5.41) is 9.74. The average Bonchev–Trinajstić information content (AvgIpc) is 2.66. The van der Waals surface area contributed by atoms with Crippen LogP contribution in [0.3, 0.4) is 0 Å². The van der Waals surface area contributed by atoms with Crippen LogP contribution < -0.4 is 16.4 Å². The molecule has 20 heavy (non-hydrogen) atoms. The number of nitrogens with two attached hydrogens (primary N) is 2. The maximum atomic E-state index is 14.4. The second-order valence-electron chi connectivity index (χ2n) is 5.49. The minimum absolute atomic E-state index is 0.0171. The topological polar surface area (TPSA) is 78.8 Å². The van der Waals surface area contributed by atoms with Gasteiger partial charge in [-0.1, -0.05) is 11.6 Å². The van der Waals surface area contributed by atoms with E-state index >= 15 is 0 Å². The molecule has 2 atom stereocenters. The second-order valence-corrected chi connectivity index (χ2v) is 5.87. The van der Waals surface area contributed by atoms with E-state index in [1.54, 1.807) is 4.90 Å². The number of anilines is 3. The monoisotopic (exact) mass is 302 g/mol. The van der Waals surface area contributed by atoms with Crippen LogP contribution in [-0.2, 0) is 0 Å². The SMILES string of the molecule is CN(C)CC1CC(O)CN1c1c(N)cc(N)c(Cl)c1F. The Labute approximate surface area is 122 Å². The molecule has 1 saturated heterocycles. The molecule has 5 nitrogen and oxygen atoms in total. The van der Waals surface area contributed by atoms with Gasteiger partial charge in [0, 0.05) is 19.1 Å². The molecular formula is C13H20ClFN4O. The average molecular weight is 303 g/mol. The molecule has 1 aromatic carbocycles. The van der Waals surface area contributed by atoms with Crippen LogP contribution in [0, 0.1) is 5.82 Å². The zero-order chi connectivity index (χ0) is 15.0. The lowest BCUT2D eigenvalue weighted by Gasteiger charge is -2.30. The quantitative estimate of drug-likeness (QED) is 0.730. The minimum Gasteiger partial charge on any atom is -0.397 e. The van der Waals surface area contributed by atoms with Crippen LogP contribution in [0.2, 0.25) is 5.02 Å². The molecule has 2 unspecified atom stereocenters. The van der Waals surface area contributed by atoms with Gasteiger partial charge in [0.1, 0.15) is 5.02 Å². The van der Waals surface area contributed by atoms with E-state index in [-0.39, 0.29) is 28.1 Å². The molecule has 112 valence electrons. The highest BCUT2D eigenvalue weighted by molar-refractivity contribution is 6.33. The summed E-state index contributed by atoms with van der Waals surface area (Å²) in [7, 11) is 3.86. The first-order chi connectivity index (χ1) is 9.31. The third-order valence-electron chi connectivity index (χ3n) is 3.49. The molecule has 0 aromatic heterocycles. The molecule has 0 aliphatic carbocycles. The second kappa shape index (κ2) is 5.63. The Kier molecular flexibility index (Phi) is 4.27. The number of nitrogens with zero attached hydrogens (tertiary/aromatic N) is 2. The Morgan fingerprint density at radius 1 is 1.45 bits per heavy atom. The highest BCUT2D eigenvalue weighted by Crippen LogP contribution is 2.39. The van der Waals surface area contributed by atoms with Crippen LogP contribution >= 0.6 is 11.6 Å². The van der Waals surface area contributed by atoms with Crippen molar-refractivity contribution >= 4 is 28.7 Å². The molecule has 5 N–H and O–H groups in total. The smallest absolute Gasteiger partial charge is 0.169 e. The number of rotatable bonds is 3. The molecule has 7 heteroatoms. The van der Waals surface area contributed by atoms with E-state index in [1.165, 1.54) is 6.07 Å². The summed E-state index contributed by atoms with van der Waals surface area (Å²) in [5.74, 6) is -0.623. The van der Waals surface area contributed by atoms with Gasteiger partial charge in [-0.2, -0.15) is 0 Å². The van der Waals surface area contributed by atoms with Gasteiger partial charge in [-0.25, -0.2) is 4.39 Å². The van der Waals surface area contributed by atoms with E-state index in [2.05, 4.69) is 0 Å². The number of benzene rings is 1.